The topological polar surface area (TPSA) is 12.5 Å². The average Bonchev–Trinajstić information content (AvgIpc) is 2.63. The fraction of sp³-hybridized carbons (Fsp3) is 0.222. The molecule has 0 N–H and O–H groups in total. The Labute approximate surface area is 130 Å². The normalized spacial score (nSPS) is 13.2. The van der Waals surface area contributed by atoms with Crippen molar-refractivity contribution in [2.45, 2.75) is 9.79 Å². The highest BCUT2D eigenvalue weighted by Gasteiger charge is 2.16. The van der Waals surface area contributed by atoms with Crippen molar-refractivity contribution in [2.24, 2.45) is 0 Å². The van der Waals surface area contributed by atoms with Gasteiger partial charge in [0, 0.05) is 21.9 Å². The predicted octanol–water partition coefficient (Wildman–Crippen LogP) is 4.23. The van der Waals surface area contributed by atoms with Crippen molar-refractivity contribution < 1.29 is 4.74 Å². The lowest BCUT2D eigenvalue weighted by Gasteiger charge is -2.14. The summed E-state index contributed by atoms with van der Waals surface area (Å²) in [7, 11) is 4.12. The van der Waals surface area contributed by atoms with Gasteiger partial charge in [-0.15, -0.1) is 0 Å². The van der Waals surface area contributed by atoms with Crippen molar-refractivity contribution in [3.63, 3.8) is 0 Å². The molecular weight excluding hydrogens is 278 g/mol. The van der Waals surface area contributed by atoms with E-state index < -0.39 is 0 Å². The highest BCUT2D eigenvalue weighted by Crippen LogP contribution is 2.40. The molecule has 3 rings (SSSR count). The Morgan fingerprint density at radius 2 is 1.67 bits per heavy atom. The van der Waals surface area contributed by atoms with Crippen LogP contribution in [-0.2, 0) is 4.74 Å². The number of hydrogen-bond donors (Lipinski definition) is 0. The first-order valence-corrected chi connectivity index (χ1v) is 7.91. The fourth-order valence-corrected chi connectivity index (χ4v) is 3.30. The molecule has 0 fully saturated rings. The van der Waals surface area contributed by atoms with Crippen LogP contribution in [0.25, 0.3) is 11.8 Å². The van der Waals surface area contributed by atoms with E-state index in [0.717, 1.165) is 12.3 Å². The second kappa shape index (κ2) is 6.37. The van der Waals surface area contributed by atoms with Gasteiger partial charge in [-0.3, -0.25) is 0 Å². The van der Waals surface area contributed by atoms with Gasteiger partial charge >= 0.3 is 0 Å². The van der Waals surface area contributed by atoms with Gasteiger partial charge in [0.1, 0.15) is 12.4 Å². The minimum Gasteiger partial charge on any atom is -0.492 e. The van der Waals surface area contributed by atoms with Gasteiger partial charge in [0.25, 0.3) is 0 Å². The summed E-state index contributed by atoms with van der Waals surface area (Å²) >= 11 is 1.80. The van der Waals surface area contributed by atoms with Gasteiger partial charge in [-0.25, -0.2) is 0 Å². The van der Waals surface area contributed by atoms with Crippen molar-refractivity contribution in [3.05, 3.63) is 59.7 Å². The molecule has 3 heteroatoms. The lowest BCUT2D eigenvalue weighted by Crippen LogP contribution is -2.17. The van der Waals surface area contributed by atoms with Crippen molar-refractivity contribution in [3.8, 4) is 0 Å². The lowest BCUT2D eigenvalue weighted by atomic mass is 10.1. The summed E-state index contributed by atoms with van der Waals surface area (Å²) in [5, 5.41) is 0. The first-order valence-electron chi connectivity index (χ1n) is 7.09. The summed E-state index contributed by atoms with van der Waals surface area (Å²) in [5.74, 6) is 0.963. The van der Waals surface area contributed by atoms with Gasteiger partial charge in [0.05, 0.1) is 0 Å². The largest absolute Gasteiger partial charge is 0.492 e. The van der Waals surface area contributed by atoms with Crippen LogP contribution in [-0.4, -0.2) is 32.1 Å². The molecule has 1 aliphatic rings. The molecule has 1 aliphatic heterocycles. The Morgan fingerprint density at radius 3 is 2.48 bits per heavy atom. The molecule has 21 heavy (non-hydrogen) atoms. The Hall–Kier alpha value is -1.71. The molecule has 2 aromatic rings. The molecule has 2 nitrogen and oxygen atoms in total. The van der Waals surface area contributed by atoms with E-state index in [0.29, 0.717) is 6.61 Å². The number of fused-ring (bicyclic) bond motifs is 2. The molecule has 1 heterocycles. The molecule has 0 bridgehead atoms. The standard InChI is InChI=1S/C18H19NOS/c1-19(2)11-12-20-16-13-14-7-3-5-9-17(14)21-18-10-6-4-8-15(16)18/h3-10,13H,11-12H2,1-2H3. The van der Waals surface area contributed by atoms with Crippen LogP contribution < -0.4 is 0 Å². The highest BCUT2D eigenvalue weighted by molar-refractivity contribution is 7.99. The number of benzene rings is 2. The fourth-order valence-electron chi connectivity index (χ4n) is 2.25. The van der Waals surface area contributed by atoms with E-state index in [9.17, 15) is 0 Å². The summed E-state index contributed by atoms with van der Waals surface area (Å²) in [6.45, 7) is 1.61. The van der Waals surface area contributed by atoms with Gasteiger partial charge in [0.2, 0.25) is 0 Å². The van der Waals surface area contributed by atoms with Gasteiger partial charge in [0.15, 0.2) is 0 Å². The van der Waals surface area contributed by atoms with Crippen LogP contribution in [0.4, 0.5) is 0 Å². The molecule has 0 saturated heterocycles. The van der Waals surface area contributed by atoms with E-state index in [1.165, 1.54) is 20.9 Å². The van der Waals surface area contributed by atoms with Crippen LogP contribution in [0.2, 0.25) is 0 Å². The smallest absolute Gasteiger partial charge is 0.128 e. The second-order valence-electron chi connectivity index (χ2n) is 5.30. The number of ether oxygens (including phenoxy) is 1. The Bertz CT molecular complexity index is 664. The van der Waals surface area contributed by atoms with E-state index in [-0.39, 0.29) is 0 Å². The first-order chi connectivity index (χ1) is 10.2. The maximum atomic E-state index is 6.06. The van der Waals surface area contributed by atoms with Crippen LogP contribution in [0.5, 0.6) is 0 Å². The van der Waals surface area contributed by atoms with Crippen LogP contribution in [0.3, 0.4) is 0 Å². The lowest BCUT2D eigenvalue weighted by molar-refractivity contribution is 0.233. The van der Waals surface area contributed by atoms with Crippen molar-refractivity contribution >= 4 is 23.6 Å². The zero-order valence-electron chi connectivity index (χ0n) is 12.4. The van der Waals surface area contributed by atoms with E-state index in [4.69, 9.17) is 4.74 Å². The minimum absolute atomic E-state index is 0.694. The third-order valence-corrected chi connectivity index (χ3v) is 4.54. The minimum atomic E-state index is 0.694. The second-order valence-corrected chi connectivity index (χ2v) is 6.38. The van der Waals surface area contributed by atoms with Crippen LogP contribution in [0, 0.1) is 0 Å². The third-order valence-electron chi connectivity index (χ3n) is 3.37. The molecule has 2 aromatic carbocycles. The van der Waals surface area contributed by atoms with Crippen LogP contribution in [0.1, 0.15) is 11.1 Å². The zero-order valence-corrected chi connectivity index (χ0v) is 13.2. The molecular formula is C18H19NOS. The maximum absolute atomic E-state index is 6.06. The molecule has 0 amide bonds. The molecule has 0 spiro atoms. The van der Waals surface area contributed by atoms with E-state index in [1.54, 1.807) is 11.8 Å². The summed E-state index contributed by atoms with van der Waals surface area (Å²) in [6, 6.07) is 16.9. The monoisotopic (exact) mass is 297 g/mol. The molecule has 0 saturated carbocycles. The van der Waals surface area contributed by atoms with E-state index in [1.807, 2.05) is 0 Å². The highest BCUT2D eigenvalue weighted by atomic mass is 32.2. The predicted molar refractivity (Wildman–Crippen MR) is 89.4 cm³/mol. The molecule has 0 aliphatic carbocycles. The van der Waals surface area contributed by atoms with Gasteiger partial charge in [-0.1, -0.05) is 48.2 Å². The molecule has 108 valence electrons. The number of likely N-dealkylation sites (N-methyl/N-ethyl adjacent to an activating group) is 1. The Morgan fingerprint density at radius 1 is 0.952 bits per heavy atom. The average molecular weight is 297 g/mol. The SMILES string of the molecule is CN(C)CCOC1=Cc2ccccc2Sc2ccccc21. The van der Waals surface area contributed by atoms with Crippen molar-refractivity contribution in [1.29, 1.82) is 0 Å². The van der Waals surface area contributed by atoms with Gasteiger partial charge in [-0.05, 0) is 37.9 Å². The van der Waals surface area contributed by atoms with E-state index in [2.05, 4.69) is 73.6 Å². The Kier molecular flexibility index (Phi) is 4.32. The maximum Gasteiger partial charge on any atom is 0.128 e. The number of rotatable bonds is 4. The van der Waals surface area contributed by atoms with E-state index >= 15 is 0 Å². The third kappa shape index (κ3) is 3.31. The summed E-state index contributed by atoms with van der Waals surface area (Å²) in [5.41, 5.74) is 2.40. The summed E-state index contributed by atoms with van der Waals surface area (Å²) in [4.78, 5) is 4.65. The number of hydrogen-bond acceptors (Lipinski definition) is 3. The molecule has 0 radical (unpaired) electrons. The molecule has 0 unspecified atom stereocenters. The zero-order chi connectivity index (χ0) is 14.7. The van der Waals surface area contributed by atoms with Crippen molar-refractivity contribution in [2.75, 3.05) is 27.2 Å². The first kappa shape index (κ1) is 14.2. The van der Waals surface area contributed by atoms with Gasteiger partial charge < -0.3 is 9.64 Å². The molecule has 0 atom stereocenters. The summed E-state index contributed by atoms with van der Waals surface area (Å²) in [6.07, 6.45) is 2.16. The van der Waals surface area contributed by atoms with Crippen molar-refractivity contribution in [1.82, 2.24) is 4.90 Å². The van der Waals surface area contributed by atoms with Gasteiger partial charge in [-0.2, -0.15) is 0 Å². The Balaban J connectivity index is 1.96. The van der Waals surface area contributed by atoms with Crippen LogP contribution >= 0.6 is 11.8 Å². The summed E-state index contributed by atoms with van der Waals surface area (Å²) < 4.78 is 6.06. The number of nitrogens with zero attached hydrogens (tertiary/aromatic N) is 1. The quantitative estimate of drug-likeness (QED) is 0.838. The van der Waals surface area contributed by atoms with Crippen LogP contribution in [0.15, 0.2) is 58.3 Å². The molecule has 0 aromatic heterocycles.